The van der Waals surface area contributed by atoms with Crippen LogP contribution in [0.4, 0.5) is 14.7 Å². The van der Waals surface area contributed by atoms with E-state index in [9.17, 15) is 23.2 Å². The minimum atomic E-state index is -1.09. The number of carbonyl (C=O) groups excluding carboxylic acids is 1. The number of aromatic nitrogens is 3. The SMILES string of the molecule is CCCC1=CC(=N)/C(=C\N)C=C1Nc1nc(=O)n(CC(=O)NC2CCCCC2)c(=O)n1Cc1cc(F)c(F)c(P)c1. The van der Waals surface area contributed by atoms with Crippen molar-refractivity contribution >= 4 is 32.1 Å². The van der Waals surface area contributed by atoms with E-state index in [2.05, 4.69) is 24.9 Å². The summed E-state index contributed by atoms with van der Waals surface area (Å²) in [5, 5.41) is 14.1. The van der Waals surface area contributed by atoms with Crippen LogP contribution >= 0.6 is 9.24 Å². The maximum Gasteiger partial charge on any atom is 0.355 e. The summed E-state index contributed by atoms with van der Waals surface area (Å²) >= 11 is 0. The molecule has 1 aromatic carbocycles. The normalized spacial score (nSPS) is 16.9. The molecule has 2 aromatic rings. The molecule has 4 rings (SSSR count). The van der Waals surface area contributed by atoms with Crippen molar-refractivity contribution in [3.05, 3.63) is 85.5 Å². The molecule has 1 unspecified atom stereocenters. The Balaban J connectivity index is 1.76. The maximum absolute atomic E-state index is 14.2. The van der Waals surface area contributed by atoms with E-state index in [-0.39, 0.29) is 35.1 Å². The molecule has 10 nitrogen and oxygen atoms in total. The summed E-state index contributed by atoms with van der Waals surface area (Å²) in [5.74, 6) is -2.76. The molecule has 218 valence electrons. The third-order valence-electron chi connectivity index (χ3n) is 7.10. The smallest absolute Gasteiger partial charge is 0.355 e. The van der Waals surface area contributed by atoms with Crippen molar-refractivity contribution in [1.29, 1.82) is 5.41 Å². The predicted octanol–water partition coefficient (Wildman–Crippen LogP) is 2.58. The number of anilines is 1. The van der Waals surface area contributed by atoms with Gasteiger partial charge in [0.2, 0.25) is 11.9 Å². The summed E-state index contributed by atoms with van der Waals surface area (Å²) in [6.45, 7) is 1.16. The van der Waals surface area contributed by atoms with Gasteiger partial charge < -0.3 is 21.8 Å². The van der Waals surface area contributed by atoms with Crippen LogP contribution in [0.5, 0.6) is 0 Å². The quantitative estimate of drug-likeness (QED) is 0.333. The van der Waals surface area contributed by atoms with Crippen molar-refractivity contribution in [2.24, 2.45) is 5.73 Å². The molecule has 1 saturated carbocycles. The van der Waals surface area contributed by atoms with E-state index in [4.69, 9.17) is 11.1 Å². The highest BCUT2D eigenvalue weighted by atomic mass is 31.0. The van der Waals surface area contributed by atoms with Crippen molar-refractivity contribution in [2.45, 2.75) is 71.0 Å². The Morgan fingerprint density at radius 2 is 1.93 bits per heavy atom. The zero-order chi connectivity index (χ0) is 29.7. The first-order valence-corrected chi connectivity index (χ1v) is 14.1. The van der Waals surface area contributed by atoms with Gasteiger partial charge in [-0.3, -0.25) is 9.36 Å². The first-order chi connectivity index (χ1) is 19.6. The third kappa shape index (κ3) is 7.05. The molecule has 1 heterocycles. The van der Waals surface area contributed by atoms with E-state index in [0.717, 1.165) is 59.3 Å². The number of rotatable bonds is 9. The molecule has 5 N–H and O–H groups in total. The molecule has 0 aliphatic heterocycles. The minimum absolute atomic E-state index is 0.0173. The van der Waals surface area contributed by atoms with Gasteiger partial charge in [0.1, 0.15) is 6.54 Å². The highest BCUT2D eigenvalue weighted by molar-refractivity contribution is 7.27. The largest absolute Gasteiger partial charge is 0.404 e. The lowest BCUT2D eigenvalue weighted by atomic mass is 9.95. The van der Waals surface area contributed by atoms with Crippen LogP contribution in [0.2, 0.25) is 0 Å². The second-order valence-corrected chi connectivity index (χ2v) is 10.8. The van der Waals surface area contributed by atoms with E-state index in [1.54, 1.807) is 12.2 Å². The summed E-state index contributed by atoms with van der Waals surface area (Å²) < 4.78 is 30.0. The monoisotopic (exact) mass is 585 g/mol. The van der Waals surface area contributed by atoms with E-state index < -0.39 is 35.5 Å². The molecule has 0 spiro atoms. The molecule has 1 atom stereocenters. The Morgan fingerprint density at radius 3 is 2.59 bits per heavy atom. The highest BCUT2D eigenvalue weighted by Crippen LogP contribution is 2.25. The molecule has 1 amide bonds. The summed E-state index contributed by atoms with van der Waals surface area (Å²) in [6, 6.07) is 2.31. The Morgan fingerprint density at radius 1 is 1.20 bits per heavy atom. The van der Waals surface area contributed by atoms with Crippen LogP contribution in [0, 0.1) is 17.0 Å². The number of amides is 1. The highest BCUT2D eigenvalue weighted by Gasteiger charge is 2.22. The Labute approximate surface area is 238 Å². The van der Waals surface area contributed by atoms with E-state index >= 15 is 0 Å². The molecule has 0 saturated heterocycles. The van der Waals surface area contributed by atoms with Gasteiger partial charge in [0.25, 0.3) is 0 Å². The molecule has 0 bridgehead atoms. The van der Waals surface area contributed by atoms with Gasteiger partial charge in [-0.15, -0.1) is 9.24 Å². The lowest BCUT2D eigenvalue weighted by Crippen LogP contribution is -2.47. The van der Waals surface area contributed by atoms with Gasteiger partial charge >= 0.3 is 11.4 Å². The number of carbonyl (C=O) groups is 1. The van der Waals surface area contributed by atoms with Crippen LogP contribution in [0.15, 0.2) is 56.9 Å². The van der Waals surface area contributed by atoms with Gasteiger partial charge in [-0.25, -0.2) is 22.9 Å². The van der Waals surface area contributed by atoms with Gasteiger partial charge in [-0.2, -0.15) is 4.98 Å². The molecule has 2 aliphatic carbocycles. The van der Waals surface area contributed by atoms with Crippen LogP contribution in [0.3, 0.4) is 0 Å². The second-order valence-electron chi connectivity index (χ2n) is 10.2. The molecule has 0 radical (unpaired) electrons. The molecule has 41 heavy (non-hydrogen) atoms. The average Bonchev–Trinajstić information content (AvgIpc) is 2.93. The zero-order valence-corrected chi connectivity index (χ0v) is 24.0. The van der Waals surface area contributed by atoms with E-state index in [0.29, 0.717) is 17.7 Å². The Hall–Kier alpha value is -3.92. The van der Waals surface area contributed by atoms with Gasteiger partial charge in [-0.1, -0.05) is 32.6 Å². The van der Waals surface area contributed by atoms with Crippen molar-refractivity contribution in [3.63, 3.8) is 0 Å². The number of hydrogen-bond acceptors (Lipinski definition) is 7. The second kappa shape index (κ2) is 13.2. The molecule has 1 aromatic heterocycles. The van der Waals surface area contributed by atoms with Crippen LogP contribution in [0.25, 0.3) is 0 Å². The van der Waals surface area contributed by atoms with Crippen molar-refractivity contribution < 1.29 is 13.6 Å². The Bertz CT molecular complexity index is 1550. The Kier molecular flexibility index (Phi) is 9.65. The van der Waals surface area contributed by atoms with E-state index in [1.807, 2.05) is 6.92 Å². The number of nitrogens with two attached hydrogens (primary N) is 1. The van der Waals surface area contributed by atoms with Crippen LogP contribution in [-0.4, -0.2) is 31.8 Å². The minimum Gasteiger partial charge on any atom is -0.404 e. The van der Waals surface area contributed by atoms with Gasteiger partial charge in [0, 0.05) is 28.8 Å². The third-order valence-corrected chi connectivity index (χ3v) is 7.52. The summed E-state index contributed by atoms with van der Waals surface area (Å²) in [7, 11) is 2.11. The van der Waals surface area contributed by atoms with Crippen molar-refractivity contribution in [3.8, 4) is 0 Å². The van der Waals surface area contributed by atoms with Gasteiger partial charge in [0.15, 0.2) is 11.6 Å². The predicted molar refractivity (Wildman–Crippen MR) is 157 cm³/mol. The van der Waals surface area contributed by atoms with Crippen molar-refractivity contribution in [1.82, 2.24) is 19.4 Å². The van der Waals surface area contributed by atoms with Gasteiger partial charge in [0.05, 0.1) is 12.3 Å². The number of allylic oxidation sites excluding steroid dienone is 4. The molecule has 1 fully saturated rings. The first kappa shape index (κ1) is 30.0. The number of nitrogens with one attached hydrogen (secondary N) is 3. The fraction of sp³-hybridized carbons (Fsp3) is 0.393. The lowest BCUT2D eigenvalue weighted by Gasteiger charge is -2.23. The van der Waals surface area contributed by atoms with Crippen LogP contribution < -0.4 is 33.1 Å². The topological polar surface area (TPSA) is 148 Å². The fourth-order valence-electron chi connectivity index (χ4n) is 5.02. The maximum atomic E-state index is 14.2. The summed E-state index contributed by atoms with van der Waals surface area (Å²) in [6.07, 6.45) is 10.6. The van der Waals surface area contributed by atoms with Crippen LogP contribution in [-0.2, 0) is 17.9 Å². The standard InChI is InChI=1S/C28H34F2N7O3P/c1-2-6-17-11-21(32)18(13-31)12-22(17)34-26-35-27(39)37(15-24(38)33-19-7-4-3-5-8-19)28(40)36(26)14-16-9-20(29)25(30)23(41)10-16/h9-13,19,32H,2-8,14-15,31,41H2,1H3,(H,33,38)(H,34,35,39)/b18-13-,32-21?. The fourth-order valence-corrected chi connectivity index (χ4v) is 5.37. The number of hydrogen-bond donors (Lipinski definition) is 4. The van der Waals surface area contributed by atoms with Crippen molar-refractivity contribution in [2.75, 3.05) is 5.32 Å². The van der Waals surface area contributed by atoms with Gasteiger partial charge in [-0.05, 0) is 54.7 Å². The molecule has 13 heteroatoms. The first-order valence-electron chi connectivity index (χ1n) is 13.6. The zero-order valence-electron chi connectivity index (χ0n) is 22.8. The summed E-state index contributed by atoms with van der Waals surface area (Å²) in [4.78, 5) is 43.6. The molecular weight excluding hydrogens is 551 g/mol. The number of benzene rings is 1. The summed E-state index contributed by atoms with van der Waals surface area (Å²) in [5.41, 5.74) is 5.98. The van der Waals surface area contributed by atoms with E-state index in [1.165, 1.54) is 12.3 Å². The molecular formula is C28H34F2N7O3P. The molecule has 2 aliphatic rings. The average molecular weight is 586 g/mol. The number of halogens is 2. The van der Waals surface area contributed by atoms with Crippen LogP contribution in [0.1, 0.15) is 57.4 Å². The lowest BCUT2D eigenvalue weighted by molar-refractivity contribution is -0.122. The number of nitrogens with zero attached hydrogens (tertiary/aromatic N) is 3.